The minimum absolute atomic E-state index is 0.148. The zero-order valence-corrected chi connectivity index (χ0v) is 8.11. The summed E-state index contributed by atoms with van der Waals surface area (Å²) in [5, 5.41) is 6.12. The molecule has 0 bridgehead atoms. The van der Waals surface area contributed by atoms with E-state index >= 15 is 0 Å². The summed E-state index contributed by atoms with van der Waals surface area (Å²) >= 11 is 0. The van der Waals surface area contributed by atoms with Crippen LogP contribution in [-0.4, -0.2) is 25.5 Å². The molecule has 0 radical (unpaired) electrons. The maximum absolute atomic E-state index is 11.4. The molecule has 0 saturated carbocycles. The lowest BCUT2D eigenvalue weighted by Gasteiger charge is -2.28. The number of nitrogens with one attached hydrogen (secondary N) is 2. The van der Waals surface area contributed by atoms with Gasteiger partial charge in [0, 0.05) is 31.0 Å². The molecule has 12 heavy (non-hydrogen) atoms. The van der Waals surface area contributed by atoms with Gasteiger partial charge in [-0.25, -0.2) is 0 Å². The van der Waals surface area contributed by atoms with Crippen LogP contribution >= 0.6 is 0 Å². The Morgan fingerprint density at radius 1 is 1.50 bits per heavy atom. The Hall–Kier alpha value is -0.570. The number of hydrogen-bond acceptors (Lipinski definition) is 2. The molecule has 1 aliphatic heterocycles. The van der Waals surface area contributed by atoms with Gasteiger partial charge in [-0.3, -0.25) is 4.79 Å². The van der Waals surface area contributed by atoms with E-state index in [1.807, 2.05) is 20.8 Å². The molecule has 1 rings (SSSR count). The van der Waals surface area contributed by atoms with Gasteiger partial charge in [0.1, 0.15) is 0 Å². The number of hydrogen-bond donors (Lipinski definition) is 2. The van der Waals surface area contributed by atoms with Crippen LogP contribution in [0.5, 0.6) is 0 Å². The average Bonchev–Trinajstić information content (AvgIpc) is 1.81. The molecule has 0 aromatic carbocycles. The van der Waals surface area contributed by atoms with E-state index < -0.39 is 0 Å². The molecule has 1 aliphatic rings. The van der Waals surface area contributed by atoms with Crippen LogP contribution in [0.4, 0.5) is 0 Å². The molecule has 3 heteroatoms. The van der Waals surface area contributed by atoms with Gasteiger partial charge in [-0.2, -0.15) is 0 Å². The summed E-state index contributed by atoms with van der Waals surface area (Å²) in [4.78, 5) is 11.4. The highest BCUT2D eigenvalue weighted by molar-refractivity contribution is 5.81. The Balaban J connectivity index is 2.17. The van der Waals surface area contributed by atoms with Crippen molar-refractivity contribution in [1.82, 2.24) is 10.6 Å². The second kappa shape index (κ2) is 3.44. The predicted molar refractivity (Wildman–Crippen MR) is 48.8 cm³/mol. The third-order valence-corrected chi connectivity index (χ3v) is 2.10. The Morgan fingerprint density at radius 2 is 2.08 bits per heavy atom. The smallest absolute Gasteiger partial charge is 0.225 e. The lowest BCUT2D eigenvalue weighted by Crippen LogP contribution is -2.49. The largest absolute Gasteiger partial charge is 0.355 e. The van der Waals surface area contributed by atoms with Crippen LogP contribution in [0.2, 0.25) is 0 Å². The zero-order valence-electron chi connectivity index (χ0n) is 8.11. The molecular weight excluding hydrogens is 152 g/mol. The molecule has 1 heterocycles. The van der Waals surface area contributed by atoms with Crippen LogP contribution in [0.1, 0.15) is 20.8 Å². The monoisotopic (exact) mass is 170 g/mol. The lowest BCUT2D eigenvalue weighted by molar-refractivity contribution is -0.128. The van der Waals surface area contributed by atoms with E-state index in [1.54, 1.807) is 0 Å². The van der Waals surface area contributed by atoms with Crippen LogP contribution in [-0.2, 0) is 4.79 Å². The van der Waals surface area contributed by atoms with Crippen LogP contribution in [0, 0.1) is 11.3 Å². The van der Waals surface area contributed by atoms with Gasteiger partial charge >= 0.3 is 0 Å². The fraction of sp³-hybridized carbons (Fsp3) is 0.889. The molecule has 2 N–H and O–H groups in total. The zero-order chi connectivity index (χ0) is 9.19. The Kier molecular flexibility index (Phi) is 2.73. The molecule has 0 aliphatic carbocycles. The molecule has 3 nitrogen and oxygen atoms in total. The highest BCUT2D eigenvalue weighted by Crippen LogP contribution is 2.12. The van der Waals surface area contributed by atoms with Crippen LogP contribution in [0.15, 0.2) is 0 Å². The highest BCUT2D eigenvalue weighted by Gasteiger charge is 2.23. The summed E-state index contributed by atoms with van der Waals surface area (Å²) in [6, 6.07) is 0. The molecule has 0 unspecified atom stereocenters. The van der Waals surface area contributed by atoms with Crippen molar-refractivity contribution in [2.45, 2.75) is 20.8 Å². The van der Waals surface area contributed by atoms with Crippen molar-refractivity contribution in [2.24, 2.45) is 11.3 Å². The lowest BCUT2D eigenvalue weighted by atomic mass is 9.95. The summed E-state index contributed by atoms with van der Waals surface area (Å²) in [6.07, 6.45) is 0. The van der Waals surface area contributed by atoms with Gasteiger partial charge in [0.2, 0.25) is 5.91 Å². The minimum atomic E-state index is -0.253. The standard InChI is InChI=1S/C9H18N2O/c1-9(2,3)8(12)11-6-7-4-10-5-7/h7,10H,4-6H2,1-3H3,(H,11,12). The number of carbonyl (C=O) groups is 1. The predicted octanol–water partition coefficient (Wildman–Crippen LogP) is 0.368. The van der Waals surface area contributed by atoms with Crippen LogP contribution in [0.25, 0.3) is 0 Å². The summed E-state index contributed by atoms with van der Waals surface area (Å²) in [5.41, 5.74) is -0.253. The summed E-state index contributed by atoms with van der Waals surface area (Å²) in [7, 11) is 0. The van der Waals surface area contributed by atoms with Gasteiger partial charge in [-0.1, -0.05) is 20.8 Å². The number of carbonyl (C=O) groups excluding carboxylic acids is 1. The quantitative estimate of drug-likeness (QED) is 0.628. The first-order valence-electron chi connectivity index (χ1n) is 4.49. The second-order valence-electron chi connectivity index (χ2n) is 4.48. The Morgan fingerprint density at radius 3 is 2.42 bits per heavy atom. The van der Waals surface area contributed by atoms with Gasteiger partial charge in [0.05, 0.1) is 0 Å². The second-order valence-corrected chi connectivity index (χ2v) is 4.48. The molecule has 1 amide bonds. The third-order valence-electron chi connectivity index (χ3n) is 2.10. The molecule has 0 spiro atoms. The summed E-state index contributed by atoms with van der Waals surface area (Å²) in [6.45, 7) is 8.71. The van der Waals surface area contributed by atoms with Gasteiger partial charge < -0.3 is 10.6 Å². The Labute approximate surface area is 73.9 Å². The van der Waals surface area contributed by atoms with Gasteiger partial charge in [-0.05, 0) is 0 Å². The van der Waals surface area contributed by atoms with E-state index in [0.29, 0.717) is 5.92 Å². The molecular formula is C9H18N2O. The minimum Gasteiger partial charge on any atom is -0.355 e. The van der Waals surface area contributed by atoms with Crippen molar-refractivity contribution in [3.63, 3.8) is 0 Å². The molecule has 0 atom stereocenters. The van der Waals surface area contributed by atoms with E-state index in [0.717, 1.165) is 19.6 Å². The topological polar surface area (TPSA) is 41.1 Å². The fourth-order valence-electron chi connectivity index (χ4n) is 0.995. The summed E-state index contributed by atoms with van der Waals surface area (Å²) in [5.74, 6) is 0.797. The first kappa shape index (κ1) is 9.52. The van der Waals surface area contributed by atoms with Crippen molar-refractivity contribution in [3.8, 4) is 0 Å². The molecule has 0 aromatic heterocycles. The van der Waals surface area contributed by atoms with Crippen molar-refractivity contribution >= 4 is 5.91 Å². The number of amides is 1. The average molecular weight is 170 g/mol. The van der Waals surface area contributed by atoms with Gasteiger partial charge in [0.15, 0.2) is 0 Å². The first-order valence-corrected chi connectivity index (χ1v) is 4.49. The first-order chi connectivity index (χ1) is 5.50. The van der Waals surface area contributed by atoms with Gasteiger partial charge in [-0.15, -0.1) is 0 Å². The van der Waals surface area contributed by atoms with E-state index in [9.17, 15) is 4.79 Å². The van der Waals surface area contributed by atoms with Gasteiger partial charge in [0.25, 0.3) is 0 Å². The molecule has 0 aromatic rings. The van der Waals surface area contributed by atoms with Crippen LogP contribution < -0.4 is 10.6 Å². The van der Waals surface area contributed by atoms with E-state index in [-0.39, 0.29) is 11.3 Å². The van der Waals surface area contributed by atoms with Crippen molar-refractivity contribution in [1.29, 1.82) is 0 Å². The van der Waals surface area contributed by atoms with E-state index in [4.69, 9.17) is 0 Å². The molecule has 1 saturated heterocycles. The maximum Gasteiger partial charge on any atom is 0.225 e. The highest BCUT2D eigenvalue weighted by atomic mass is 16.2. The summed E-state index contributed by atoms with van der Waals surface area (Å²) < 4.78 is 0. The Bertz CT molecular complexity index is 168. The number of rotatable bonds is 2. The van der Waals surface area contributed by atoms with Crippen molar-refractivity contribution in [3.05, 3.63) is 0 Å². The van der Waals surface area contributed by atoms with Crippen molar-refractivity contribution < 1.29 is 4.79 Å². The molecule has 70 valence electrons. The third kappa shape index (κ3) is 2.48. The van der Waals surface area contributed by atoms with Crippen LogP contribution in [0.3, 0.4) is 0 Å². The SMILES string of the molecule is CC(C)(C)C(=O)NCC1CNC1. The normalized spacial score (nSPS) is 18.6. The van der Waals surface area contributed by atoms with Crippen molar-refractivity contribution in [2.75, 3.05) is 19.6 Å². The maximum atomic E-state index is 11.4. The van der Waals surface area contributed by atoms with E-state index in [1.165, 1.54) is 0 Å². The fourth-order valence-corrected chi connectivity index (χ4v) is 0.995. The van der Waals surface area contributed by atoms with E-state index in [2.05, 4.69) is 10.6 Å². The molecule has 1 fully saturated rings.